The summed E-state index contributed by atoms with van der Waals surface area (Å²) in [5.41, 5.74) is 0.716. The van der Waals surface area contributed by atoms with Crippen LogP contribution in [0.25, 0.3) is 10.6 Å². The zero-order valence-corrected chi connectivity index (χ0v) is 12.5. The van der Waals surface area contributed by atoms with Crippen molar-refractivity contribution in [2.45, 2.75) is 0 Å². The lowest BCUT2D eigenvalue weighted by Gasteiger charge is -2.32. The number of hydrogen-bond donors (Lipinski definition) is 1. The monoisotopic (exact) mass is 304 g/mol. The second-order valence-electron chi connectivity index (χ2n) is 5.01. The van der Waals surface area contributed by atoms with E-state index in [4.69, 9.17) is 0 Å². The predicted molar refractivity (Wildman–Crippen MR) is 82.0 cm³/mol. The highest BCUT2D eigenvalue weighted by molar-refractivity contribution is 7.13. The van der Waals surface area contributed by atoms with Crippen LogP contribution in [0, 0.1) is 0 Å². The number of thiophene rings is 1. The fourth-order valence-corrected chi connectivity index (χ4v) is 2.93. The van der Waals surface area contributed by atoms with Gasteiger partial charge in [0.15, 0.2) is 5.69 Å². The molecule has 2 aromatic heterocycles. The summed E-state index contributed by atoms with van der Waals surface area (Å²) in [6, 6.07) is 5.40. The van der Waals surface area contributed by atoms with Crippen molar-refractivity contribution >= 4 is 23.3 Å². The molecule has 1 aliphatic rings. The van der Waals surface area contributed by atoms with Crippen LogP contribution in [0.2, 0.25) is 0 Å². The van der Waals surface area contributed by atoms with Gasteiger partial charge in [-0.2, -0.15) is 0 Å². The van der Waals surface area contributed by atoms with E-state index < -0.39 is 5.97 Å². The van der Waals surface area contributed by atoms with Gasteiger partial charge in [0.05, 0.1) is 10.6 Å². The van der Waals surface area contributed by atoms with Crippen LogP contribution in [-0.2, 0) is 0 Å². The van der Waals surface area contributed by atoms with Crippen LogP contribution in [0.4, 0.5) is 5.95 Å². The number of likely N-dealkylation sites (N-methyl/N-ethyl adjacent to an activating group) is 1. The highest BCUT2D eigenvalue weighted by Gasteiger charge is 2.20. The van der Waals surface area contributed by atoms with Gasteiger partial charge in [0.25, 0.3) is 0 Å². The normalized spacial score (nSPS) is 16.1. The Morgan fingerprint density at radius 2 is 2.05 bits per heavy atom. The first-order valence-corrected chi connectivity index (χ1v) is 7.61. The number of hydrogen-bond acceptors (Lipinski definition) is 6. The van der Waals surface area contributed by atoms with Crippen LogP contribution < -0.4 is 4.90 Å². The van der Waals surface area contributed by atoms with Gasteiger partial charge in [-0.15, -0.1) is 11.3 Å². The Kier molecular flexibility index (Phi) is 3.85. The lowest BCUT2D eigenvalue weighted by atomic mass is 10.2. The number of aromatic carboxylic acids is 1. The molecule has 0 bridgehead atoms. The molecule has 0 saturated carbocycles. The number of anilines is 1. The van der Waals surface area contributed by atoms with E-state index in [9.17, 15) is 9.90 Å². The Labute approximate surface area is 126 Å². The first kappa shape index (κ1) is 14.0. The molecule has 0 aromatic carbocycles. The van der Waals surface area contributed by atoms with E-state index in [0.717, 1.165) is 31.1 Å². The van der Waals surface area contributed by atoms with Gasteiger partial charge in [0, 0.05) is 26.2 Å². The molecule has 110 valence electrons. The highest BCUT2D eigenvalue weighted by atomic mass is 32.1. The van der Waals surface area contributed by atoms with Crippen LogP contribution in [0.15, 0.2) is 23.6 Å². The molecule has 1 saturated heterocycles. The number of carboxylic acid groups (broad SMARTS) is 1. The predicted octanol–water partition coefficient (Wildman–Crippen LogP) is 1.66. The molecule has 3 rings (SSSR count). The van der Waals surface area contributed by atoms with Crippen molar-refractivity contribution in [2.75, 3.05) is 38.1 Å². The van der Waals surface area contributed by atoms with E-state index in [1.165, 1.54) is 6.07 Å². The lowest BCUT2D eigenvalue weighted by Crippen LogP contribution is -2.45. The number of piperazine rings is 1. The van der Waals surface area contributed by atoms with Gasteiger partial charge in [-0.25, -0.2) is 14.8 Å². The van der Waals surface area contributed by atoms with Gasteiger partial charge in [-0.1, -0.05) is 6.07 Å². The fraction of sp³-hybridized carbons (Fsp3) is 0.357. The molecule has 0 spiro atoms. The standard InChI is InChI=1S/C14H16N4O2S/c1-17-4-6-18(7-5-17)14-15-10(12-3-2-8-21-12)9-11(16-14)13(19)20/h2-3,8-9H,4-7H2,1H3,(H,19,20). The largest absolute Gasteiger partial charge is 0.477 e. The Morgan fingerprint density at radius 1 is 1.29 bits per heavy atom. The maximum absolute atomic E-state index is 11.3. The van der Waals surface area contributed by atoms with E-state index in [2.05, 4.69) is 21.9 Å². The van der Waals surface area contributed by atoms with Gasteiger partial charge in [0.1, 0.15) is 0 Å². The molecule has 0 atom stereocenters. The second-order valence-corrected chi connectivity index (χ2v) is 5.96. The fourth-order valence-electron chi connectivity index (χ4n) is 2.24. The third-order valence-electron chi connectivity index (χ3n) is 3.49. The van der Waals surface area contributed by atoms with Crippen LogP contribution in [-0.4, -0.2) is 59.2 Å². The minimum atomic E-state index is -1.02. The van der Waals surface area contributed by atoms with Crippen LogP contribution >= 0.6 is 11.3 Å². The number of carbonyl (C=O) groups is 1. The van der Waals surface area contributed by atoms with E-state index >= 15 is 0 Å². The molecule has 0 radical (unpaired) electrons. The highest BCUT2D eigenvalue weighted by Crippen LogP contribution is 2.25. The van der Waals surface area contributed by atoms with Crippen molar-refractivity contribution in [1.82, 2.24) is 14.9 Å². The second kappa shape index (κ2) is 5.79. The van der Waals surface area contributed by atoms with E-state index in [-0.39, 0.29) is 5.69 Å². The number of nitrogens with zero attached hydrogens (tertiary/aromatic N) is 4. The summed E-state index contributed by atoms with van der Waals surface area (Å²) in [5.74, 6) is -0.517. The molecule has 21 heavy (non-hydrogen) atoms. The summed E-state index contributed by atoms with van der Waals surface area (Å²) >= 11 is 1.54. The average Bonchev–Trinajstić information content (AvgIpc) is 3.02. The molecule has 7 heteroatoms. The number of aromatic nitrogens is 2. The first-order chi connectivity index (χ1) is 10.1. The van der Waals surface area contributed by atoms with E-state index in [1.807, 2.05) is 22.4 Å². The average molecular weight is 304 g/mol. The minimum Gasteiger partial charge on any atom is -0.477 e. The van der Waals surface area contributed by atoms with Gasteiger partial charge < -0.3 is 14.9 Å². The zero-order valence-electron chi connectivity index (χ0n) is 11.7. The molecule has 1 N–H and O–H groups in total. The third-order valence-corrected chi connectivity index (χ3v) is 4.39. The Morgan fingerprint density at radius 3 is 2.67 bits per heavy atom. The van der Waals surface area contributed by atoms with Crippen LogP contribution in [0.1, 0.15) is 10.5 Å². The summed E-state index contributed by atoms with van der Waals surface area (Å²) in [6.45, 7) is 3.47. The van der Waals surface area contributed by atoms with Crippen molar-refractivity contribution in [3.63, 3.8) is 0 Å². The Balaban J connectivity index is 1.98. The molecular formula is C14H16N4O2S. The zero-order chi connectivity index (χ0) is 14.8. The summed E-state index contributed by atoms with van der Waals surface area (Å²) in [5, 5.41) is 11.2. The van der Waals surface area contributed by atoms with Crippen molar-refractivity contribution in [3.05, 3.63) is 29.3 Å². The summed E-state index contributed by atoms with van der Waals surface area (Å²) < 4.78 is 0. The lowest BCUT2D eigenvalue weighted by molar-refractivity contribution is 0.0690. The van der Waals surface area contributed by atoms with Crippen molar-refractivity contribution in [1.29, 1.82) is 0 Å². The molecule has 3 heterocycles. The first-order valence-electron chi connectivity index (χ1n) is 6.73. The van der Waals surface area contributed by atoms with Gasteiger partial charge in [0.2, 0.25) is 5.95 Å². The molecule has 2 aromatic rings. The smallest absolute Gasteiger partial charge is 0.354 e. The molecule has 1 aliphatic heterocycles. The molecular weight excluding hydrogens is 288 g/mol. The van der Waals surface area contributed by atoms with Crippen LogP contribution in [0.5, 0.6) is 0 Å². The molecule has 0 unspecified atom stereocenters. The topological polar surface area (TPSA) is 69.6 Å². The summed E-state index contributed by atoms with van der Waals surface area (Å²) in [6.07, 6.45) is 0. The van der Waals surface area contributed by atoms with Crippen molar-refractivity contribution in [3.8, 4) is 10.6 Å². The summed E-state index contributed by atoms with van der Waals surface area (Å²) in [4.78, 5) is 25.3. The van der Waals surface area contributed by atoms with Gasteiger partial charge in [-0.05, 0) is 24.6 Å². The van der Waals surface area contributed by atoms with Gasteiger partial charge >= 0.3 is 5.97 Å². The SMILES string of the molecule is CN1CCN(c2nc(C(=O)O)cc(-c3cccs3)n2)CC1. The van der Waals surface area contributed by atoms with Crippen molar-refractivity contribution < 1.29 is 9.90 Å². The molecule has 0 amide bonds. The van der Waals surface area contributed by atoms with E-state index in [1.54, 1.807) is 11.3 Å². The molecule has 0 aliphatic carbocycles. The van der Waals surface area contributed by atoms with Crippen LogP contribution in [0.3, 0.4) is 0 Å². The Hall–Kier alpha value is -1.99. The van der Waals surface area contributed by atoms with E-state index in [0.29, 0.717) is 11.6 Å². The molecule has 6 nitrogen and oxygen atoms in total. The maximum Gasteiger partial charge on any atom is 0.354 e. The van der Waals surface area contributed by atoms with Crippen molar-refractivity contribution in [2.24, 2.45) is 0 Å². The number of rotatable bonds is 3. The number of carboxylic acids is 1. The summed E-state index contributed by atoms with van der Waals surface area (Å²) in [7, 11) is 2.07. The Bertz CT molecular complexity index is 636. The molecule has 1 fully saturated rings. The maximum atomic E-state index is 11.3. The minimum absolute atomic E-state index is 0.0438. The quantitative estimate of drug-likeness (QED) is 0.930. The van der Waals surface area contributed by atoms with Gasteiger partial charge in [-0.3, -0.25) is 0 Å². The third kappa shape index (κ3) is 3.03.